The zero-order valence-electron chi connectivity index (χ0n) is 20.0. The van der Waals surface area contributed by atoms with Crippen LogP contribution in [0.1, 0.15) is 34.6 Å². The normalized spacial score (nSPS) is 10.9. The molecule has 35 heavy (non-hydrogen) atoms. The number of nitrogens with zero attached hydrogens (tertiary/aromatic N) is 2. The van der Waals surface area contributed by atoms with Gasteiger partial charge in [0, 0.05) is 17.4 Å². The van der Waals surface area contributed by atoms with Crippen LogP contribution in [-0.4, -0.2) is 47.8 Å². The van der Waals surface area contributed by atoms with Gasteiger partial charge >= 0.3 is 0 Å². The highest BCUT2D eigenvalue weighted by Gasteiger charge is 2.20. The van der Waals surface area contributed by atoms with Crippen LogP contribution in [0.5, 0.6) is 0 Å². The fraction of sp³-hybridized carbons (Fsp3) is 0.222. The lowest BCUT2D eigenvalue weighted by Crippen LogP contribution is -3.12. The summed E-state index contributed by atoms with van der Waals surface area (Å²) in [6.45, 7) is 7.90. The van der Waals surface area contributed by atoms with Gasteiger partial charge in [-0.3, -0.25) is 9.59 Å². The van der Waals surface area contributed by atoms with Crippen molar-refractivity contribution in [3.63, 3.8) is 0 Å². The summed E-state index contributed by atoms with van der Waals surface area (Å²) < 4.78 is 1.72. The number of aromatic nitrogens is 2. The second-order valence-corrected chi connectivity index (χ2v) is 9.09. The predicted octanol–water partition coefficient (Wildman–Crippen LogP) is 3.51. The van der Waals surface area contributed by atoms with Crippen LogP contribution in [0.25, 0.3) is 16.3 Å². The van der Waals surface area contributed by atoms with Gasteiger partial charge in [0.15, 0.2) is 0 Å². The van der Waals surface area contributed by atoms with E-state index in [4.69, 9.17) is 0 Å². The largest absolute Gasteiger partial charge is 0.346 e. The molecule has 0 bridgehead atoms. The molecule has 3 N–H and O–H groups in total. The summed E-state index contributed by atoms with van der Waals surface area (Å²) in [5.41, 5.74) is 3.17. The lowest BCUT2D eigenvalue weighted by atomic mass is 10.1. The number of amides is 2. The maximum absolute atomic E-state index is 13.2. The molecule has 2 amide bonds. The average molecular weight is 489 g/mol. The summed E-state index contributed by atoms with van der Waals surface area (Å²) in [7, 11) is 0. The maximum atomic E-state index is 13.2. The Morgan fingerprint density at radius 2 is 1.69 bits per heavy atom. The number of anilines is 1. The Hall–Kier alpha value is -3.75. The van der Waals surface area contributed by atoms with Gasteiger partial charge in [0.2, 0.25) is 0 Å². The number of rotatable bonds is 10. The molecule has 2 heterocycles. The molecule has 0 saturated heterocycles. The molecule has 180 valence electrons. The SMILES string of the molecule is CC[NH+](CC)CCNC(=O)c1ccc(NC(=O)c2cn(-c3ccccc3)nc2-c2cccs2)cc1. The summed E-state index contributed by atoms with van der Waals surface area (Å²) in [5, 5.41) is 12.6. The standard InChI is InChI=1S/C27H29N5O2S/c1-3-31(4-2)17-16-28-26(33)20-12-14-21(15-13-20)29-27(34)23-19-32(22-9-6-5-7-10-22)30-25(23)24-11-8-18-35-24/h5-15,18-19H,3-4,16-17H2,1-2H3,(H,28,33)(H,29,34)/p+1. The number of nitrogens with one attached hydrogen (secondary N) is 3. The van der Waals surface area contributed by atoms with E-state index in [1.54, 1.807) is 35.1 Å². The van der Waals surface area contributed by atoms with Crippen molar-refractivity contribution in [2.75, 3.05) is 31.5 Å². The Labute approximate surface area is 209 Å². The third-order valence-corrected chi connectivity index (χ3v) is 6.78. The van der Waals surface area contributed by atoms with Crippen LogP contribution in [-0.2, 0) is 0 Å². The first-order valence-electron chi connectivity index (χ1n) is 11.8. The number of likely N-dealkylation sites (N-methyl/N-ethyl adjacent to an activating group) is 1. The minimum absolute atomic E-state index is 0.112. The molecule has 4 rings (SSSR count). The van der Waals surface area contributed by atoms with Gasteiger partial charge in [-0.1, -0.05) is 24.3 Å². The highest BCUT2D eigenvalue weighted by molar-refractivity contribution is 7.13. The molecule has 0 spiro atoms. The first-order valence-corrected chi connectivity index (χ1v) is 12.7. The monoisotopic (exact) mass is 488 g/mol. The van der Waals surface area contributed by atoms with Crippen molar-refractivity contribution in [2.24, 2.45) is 0 Å². The molecule has 4 aromatic rings. The average Bonchev–Trinajstić information content (AvgIpc) is 3.58. The van der Waals surface area contributed by atoms with Gasteiger partial charge < -0.3 is 15.5 Å². The van der Waals surface area contributed by atoms with E-state index in [-0.39, 0.29) is 11.8 Å². The maximum Gasteiger partial charge on any atom is 0.259 e. The van der Waals surface area contributed by atoms with Crippen LogP contribution in [0.15, 0.2) is 78.3 Å². The lowest BCUT2D eigenvalue weighted by molar-refractivity contribution is -0.895. The molecular formula is C27H30N5O2S+. The molecule has 0 aliphatic heterocycles. The van der Waals surface area contributed by atoms with Gasteiger partial charge in [0.1, 0.15) is 5.69 Å². The van der Waals surface area contributed by atoms with Crippen molar-refractivity contribution in [1.29, 1.82) is 0 Å². The summed E-state index contributed by atoms with van der Waals surface area (Å²) in [4.78, 5) is 28.0. The Balaban J connectivity index is 1.46. The van der Waals surface area contributed by atoms with Gasteiger partial charge in [-0.05, 0) is 61.7 Å². The Morgan fingerprint density at radius 1 is 0.943 bits per heavy atom. The summed E-state index contributed by atoms with van der Waals surface area (Å²) in [5.74, 6) is -0.367. The molecule has 0 radical (unpaired) electrons. The minimum atomic E-state index is -0.255. The zero-order chi connectivity index (χ0) is 24.6. The predicted molar refractivity (Wildman–Crippen MR) is 141 cm³/mol. The number of hydrogen-bond donors (Lipinski definition) is 3. The van der Waals surface area contributed by atoms with Gasteiger partial charge in [0.05, 0.1) is 42.3 Å². The quantitative estimate of drug-likeness (QED) is 0.320. The van der Waals surface area contributed by atoms with E-state index in [1.165, 1.54) is 16.2 Å². The van der Waals surface area contributed by atoms with E-state index >= 15 is 0 Å². The van der Waals surface area contributed by atoms with Gasteiger partial charge in [-0.25, -0.2) is 4.68 Å². The smallest absolute Gasteiger partial charge is 0.259 e. The summed E-state index contributed by atoms with van der Waals surface area (Å²) >= 11 is 1.54. The number of benzene rings is 2. The van der Waals surface area contributed by atoms with Crippen LogP contribution in [0.2, 0.25) is 0 Å². The fourth-order valence-electron chi connectivity index (χ4n) is 3.81. The van der Waals surface area contributed by atoms with E-state index in [0.717, 1.165) is 30.2 Å². The Morgan fingerprint density at radius 3 is 2.34 bits per heavy atom. The minimum Gasteiger partial charge on any atom is -0.346 e. The van der Waals surface area contributed by atoms with Gasteiger partial charge in [0.25, 0.3) is 11.8 Å². The molecule has 0 aliphatic rings. The molecular weight excluding hydrogens is 458 g/mol. The number of carbonyl (C=O) groups excluding carboxylic acids is 2. The first kappa shape index (κ1) is 24.4. The topological polar surface area (TPSA) is 80.5 Å². The van der Waals surface area contributed by atoms with Crippen molar-refractivity contribution in [3.05, 3.63) is 89.4 Å². The van der Waals surface area contributed by atoms with Crippen LogP contribution < -0.4 is 15.5 Å². The molecule has 0 unspecified atom stereocenters. The Kier molecular flexibility index (Phi) is 8.07. The van der Waals surface area contributed by atoms with Crippen molar-refractivity contribution in [1.82, 2.24) is 15.1 Å². The number of hydrogen-bond acceptors (Lipinski definition) is 4. The van der Waals surface area contributed by atoms with E-state index in [2.05, 4.69) is 29.6 Å². The zero-order valence-corrected chi connectivity index (χ0v) is 20.8. The van der Waals surface area contributed by atoms with Crippen LogP contribution in [0.3, 0.4) is 0 Å². The highest BCUT2D eigenvalue weighted by Crippen LogP contribution is 2.28. The first-order chi connectivity index (χ1) is 17.1. The molecule has 8 heteroatoms. The van der Waals surface area contributed by atoms with Crippen molar-refractivity contribution in [2.45, 2.75) is 13.8 Å². The Bertz CT molecular complexity index is 1250. The number of carbonyl (C=O) groups is 2. The number of thiophene rings is 1. The molecule has 0 atom stereocenters. The van der Waals surface area contributed by atoms with E-state index in [9.17, 15) is 9.59 Å². The van der Waals surface area contributed by atoms with Crippen LogP contribution >= 0.6 is 11.3 Å². The summed E-state index contributed by atoms with van der Waals surface area (Å²) in [6.07, 6.45) is 1.75. The van der Waals surface area contributed by atoms with Crippen LogP contribution in [0, 0.1) is 0 Å². The third kappa shape index (κ3) is 6.03. The highest BCUT2D eigenvalue weighted by atomic mass is 32.1. The molecule has 7 nitrogen and oxygen atoms in total. The molecule has 0 aliphatic carbocycles. The fourth-order valence-corrected chi connectivity index (χ4v) is 4.53. The van der Waals surface area contributed by atoms with Crippen molar-refractivity contribution in [3.8, 4) is 16.3 Å². The second kappa shape index (κ2) is 11.6. The lowest BCUT2D eigenvalue weighted by Gasteiger charge is -2.15. The molecule has 2 aromatic heterocycles. The van der Waals surface area contributed by atoms with Crippen molar-refractivity contribution >= 4 is 28.8 Å². The molecule has 0 saturated carbocycles. The number of para-hydroxylation sites is 1. The molecule has 2 aromatic carbocycles. The third-order valence-electron chi connectivity index (χ3n) is 5.90. The number of quaternary nitrogens is 1. The molecule has 0 fully saturated rings. The van der Waals surface area contributed by atoms with Gasteiger partial charge in [-0.15, -0.1) is 11.3 Å². The van der Waals surface area contributed by atoms with E-state index < -0.39 is 0 Å². The van der Waals surface area contributed by atoms with Crippen molar-refractivity contribution < 1.29 is 14.5 Å². The van der Waals surface area contributed by atoms with Crippen LogP contribution in [0.4, 0.5) is 5.69 Å². The van der Waals surface area contributed by atoms with E-state index in [0.29, 0.717) is 29.1 Å². The van der Waals surface area contributed by atoms with Gasteiger partial charge in [-0.2, -0.15) is 5.10 Å². The van der Waals surface area contributed by atoms with E-state index in [1.807, 2.05) is 47.8 Å². The second-order valence-electron chi connectivity index (χ2n) is 8.14. The summed E-state index contributed by atoms with van der Waals surface area (Å²) in [6, 6.07) is 20.5.